The predicted octanol–water partition coefficient (Wildman–Crippen LogP) is 5.02. The average molecular weight is 549 g/mol. The number of hydrogen-bond donors (Lipinski definition) is 2. The smallest absolute Gasteiger partial charge is 0.380 e. The Morgan fingerprint density at radius 2 is 1.89 bits per heavy atom. The van der Waals surface area contributed by atoms with Gasteiger partial charge in [0.1, 0.15) is 11.4 Å². The summed E-state index contributed by atoms with van der Waals surface area (Å²) in [6.45, 7) is 0.316. The maximum absolute atomic E-state index is 14.9. The van der Waals surface area contributed by atoms with Crippen LogP contribution in [0.15, 0.2) is 52.6 Å². The number of hydrogen-bond acceptors (Lipinski definition) is 6. The number of aromatic amines is 1. The van der Waals surface area contributed by atoms with Crippen molar-refractivity contribution in [2.45, 2.75) is 44.4 Å². The lowest BCUT2D eigenvalue weighted by Crippen LogP contribution is -2.33. The number of rotatable bonds is 5. The summed E-state index contributed by atoms with van der Waals surface area (Å²) in [6, 6.07) is 4.03. The van der Waals surface area contributed by atoms with E-state index in [-0.39, 0.29) is 40.0 Å². The maximum atomic E-state index is 14.9. The Kier molecular flexibility index (Phi) is 6.91. The van der Waals surface area contributed by atoms with Crippen LogP contribution in [0, 0.1) is 11.7 Å². The summed E-state index contributed by atoms with van der Waals surface area (Å²) in [5.41, 5.74) is -3.23. The molecule has 0 aliphatic heterocycles. The molecular formula is C25H21ClF4N6O2. The standard InChI is InChI=1S/C25H21ClF4N6O2/c26-15-9-31-22(32-10-15)18-7-14-4-5-36(24(38)17(14)8-19(18)27)12-13-2-1-3-16(6-13)34-20-11-33-35-23(37)21(20)25(28,29)30/h4-5,7-11,13,16H,1-3,6,12H2,(H2,34,35,37)/t13-,16+/m1/s1. The molecule has 3 heterocycles. The molecule has 0 bridgehead atoms. The minimum Gasteiger partial charge on any atom is -0.380 e. The van der Waals surface area contributed by atoms with Gasteiger partial charge in [0.2, 0.25) is 0 Å². The fraction of sp³-hybridized carbons (Fsp3) is 0.320. The highest BCUT2D eigenvalue weighted by Crippen LogP contribution is 2.34. The van der Waals surface area contributed by atoms with Gasteiger partial charge in [0, 0.05) is 31.2 Å². The molecule has 38 heavy (non-hydrogen) atoms. The van der Waals surface area contributed by atoms with Gasteiger partial charge in [0.05, 0.1) is 27.9 Å². The number of benzene rings is 1. The van der Waals surface area contributed by atoms with E-state index in [0.29, 0.717) is 29.8 Å². The lowest BCUT2D eigenvalue weighted by atomic mass is 9.85. The summed E-state index contributed by atoms with van der Waals surface area (Å²) in [7, 11) is 0. The largest absolute Gasteiger partial charge is 0.423 e. The first-order valence-electron chi connectivity index (χ1n) is 11.8. The summed E-state index contributed by atoms with van der Waals surface area (Å²) in [6.07, 6.45) is 3.03. The molecule has 3 aromatic heterocycles. The van der Waals surface area contributed by atoms with Crippen LogP contribution in [0.3, 0.4) is 0 Å². The molecule has 1 aromatic carbocycles. The van der Waals surface area contributed by atoms with E-state index in [9.17, 15) is 27.2 Å². The highest BCUT2D eigenvalue weighted by atomic mass is 35.5. The van der Waals surface area contributed by atoms with Crippen molar-refractivity contribution < 1.29 is 17.6 Å². The molecular weight excluding hydrogens is 528 g/mol. The molecule has 5 rings (SSSR count). The van der Waals surface area contributed by atoms with Crippen molar-refractivity contribution in [1.29, 1.82) is 0 Å². The lowest BCUT2D eigenvalue weighted by Gasteiger charge is -2.31. The number of pyridine rings is 1. The van der Waals surface area contributed by atoms with E-state index in [0.717, 1.165) is 25.1 Å². The Bertz CT molecular complexity index is 1600. The third-order valence-electron chi connectivity index (χ3n) is 6.66. The summed E-state index contributed by atoms with van der Waals surface area (Å²) in [5.74, 6) is -0.529. The number of fused-ring (bicyclic) bond motifs is 1. The zero-order chi connectivity index (χ0) is 27.0. The van der Waals surface area contributed by atoms with E-state index in [1.54, 1.807) is 12.3 Å². The molecule has 13 heteroatoms. The first-order valence-corrected chi connectivity index (χ1v) is 12.2. The summed E-state index contributed by atoms with van der Waals surface area (Å²) >= 11 is 5.80. The number of alkyl halides is 3. The predicted molar refractivity (Wildman–Crippen MR) is 133 cm³/mol. The van der Waals surface area contributed by atoms with Gasteiger partial charge < -0.3 is 9.88 Å². The highest BCUT2D eigenvalue weighted by molar-refractivity contribution is 6.30. The Labute approximate surface area is 217 Å². The summed E-state index contributed by atoms with van der Waals surface area (Å²) < 4.78 is 56.6. The van der Waals surface area contributed by atoms with Crippen molar-refractivity contribution in [3.63, 3.8) is 0 Å². The van der Waals surface area contributed by atoms with E-state index in [2.05, 4.69) is 20.4 Å². The molecule has 2 atom stereocenters. The minimum atomic E-state index is -4.83. The number of nitrogens with one attached hydrogen (secondary N) is 2. The van der Waals surface area contributed by atoms with Crippen molar-refractivity contribution >= 4 is 28.1 Å². The fourth-order valence-electron chi connectivity index (χ4n) is 4.95. The zero-order valence-corrected chi connectivity index (χ0v) is 20.5. The molecule has 1 aliphatic rings. The fourth-order valence-corrected chi connectivity index (χ4v) is 5.04. The number of aromatic nitrogens is 5. The van der Waals surface area contributed by atoms with Gasteiger partial charge in [0.15, 0.2) is 5.82 Å². The van der Waals surface area contributed by atoms with Crippen LogP contribution >= 0.6 is 11.6 Å². The quantitative estimate of drug-likeness (QED) is 0.339. The van der Waals surface area contributed by atoms with Gasteiger partial charge in [-0.3, -0.25) is 9.59 Å². The van der Waals surface area contributed by atoms with Gasteiger partial charge in [-0.25, -0.2) is 19.5 Å². The van der Waals surface area contributed by atoms with Crippen molar-refractivity contribution in [1.82, 2.24) is 24.7 Å². The molecule has 4 aromatic rings. The number of nitrogens with zero attached hydrogens (tertiary/aromatic N) is 4. The van der Waals surface area contributed by atoms with Gasteiger partial charge in [-0.05, 0) is 48.8 Å². The van der Waals surface area contributed by atoms with Crippen LogP contribution in [0.25, 0.3) is 22.2 Å². The molecule has 1 saturated carbocycles. The molecule has 1 fully saturated rings. The van der Waals surface area contributed by atoms with Crippen molar-refractivity contribution in [2.24, 2.45) is 5.92 Å². The van der Waals surface area contributed by atoms with E-state index >= 15 is 0 Å². The number of anilines is 1. The summed E-state index contributed by atoms with van der Waals surface area (Å²) in [5, 5.41) is 9.17. The number of H-pyrrole nitrogens is 1. The van der Waals surface area contributed by atoms with Crippen molar-refractivity contribution in [3.8, 4) is 11.4 Å². The van der Waals surface area contributed by atoms with Crippen molar-refractivity contribution in [2.75, 3.05) is 5.32 Å². The second kappa shape index (κ2) is 10.2. The molecule has 0 spiro atoms. The first-order chi connectivity index (χ1) is 18.1. The first kappa shape index (κ1) is 25.8. The maximum Gasteiger partial charge on any atom is 0.423 e. The second-order valence-corrected chi connectivity index (χ2v) is 9.71. The van der Waals surface area contributed by atoms with Gasteiger partial charge in [0.25, 0.3) is 11.1 Å². The number of halogens is 5. The Morgan fingerprint density at radius 1 is 1.13 bits per heavy atom. The van der Waals surface area contributed by atoms with Crippen LogP contribution in [0.2, 0.25) is 5.02 Å². The van der Waals surface area contributed by atoms with Crippen LogP contribution in [0.5, 0.6) is 0 Å². The van der Waals surface area contributed by atoms with E-state index < -0.39 is 23.1 Å². The average Bonchev–Trinajstić information content (AvgIpc) is 2.86. The minimum absolute atomic E-state index is 0.0210. The van der Waals surface area contributed by atoms with Gasteiger partial charge in [-0.15, -0.1) is 0 Å². The molecule has 8 nitrogen and oxygen atoms in total. The zero-order valence-electron chi connectivity index (χ0n) is 19.7. The van der Waals surface area contributed by atoms with Crippen LogP contribution < -0.4 is 16.4 Å². The topological polar surface area (TPSA) is 106 Å². The van der Waals surface area contributed by atoms with Gasteiger partial charge in [-0.1, -0.05) is 18.0 Å². The SMILES string of the molecule is O=c1[nH]ncc(N[C@H]2CCC[C@@H](Cn3ccc4cc(-c5ncc(Cl)cn5)c(F)cc4c3=O)C2)c1C(F)(F)F. The van der Waals surface area contributed by atoms with Crippen molar-refractivity contribution in [3.05, 3.63) is 80.1 Å². The van der Waals surface area contributed by atoms with Crippen LogP contribution in [-0.4, -0.2) is 30.8 Å². The monoisotopic (exact) mass is 548 g/mol. The van der Waals surface area contributed by atoms with E-state index in [1.807, 2.05) is 5.10 Å². The van der Waals surface area contributed by atoms with Crippen LogP contribution in [-0.2, 0) is 12.7 Å². The van der Waals surface area contributed by atoms with Gasteiger partial charge in [-0.2, -0.15) is 18.3 Å². The third-order valence-corrected chi connectivity index (χ3v) is 6.86. The second-order valence-electron chi connectivity index (χ2n) is 9.28. The molecule has 0 amide bonds. The Hall–Kier alpha value is -3.80. The van der Waals surface area contributed by atoms with E-state index in [4.69, 9.17) is 11.6 Å². The Morgan fingerprint density at radius 3 is 2.63 bits per heavy atom. The third kappa shape index (κ3) is 5.26. The molecule has 2 N–H and O–H groups in total. The van der Waals surface area contributed by atoms with E-state index in [1.165, 1.54) is 23.0 Å². The lowest BCUT2D eigenvalue weighted by molar-refractivity contribution is -0.138. The van der Waals surface area contributed by atoms with Crippen LogP contribution in [0.1, 0.15) is 31.2 Å². The normalized spacial score (nSPS) is 18.0. The molecule has 1 aliphatic carbocycles. The molecule has 0 saturated heterocycles. The summed E-state index contributed by atoms with van der Waals surface area (Å²) in [4.78, 5) is 33.0. The molecule has 0 radical (unpaired) electrons. The Balaban J connectivity index is 1.36. The van der Waals surface area contributed by atoms with Gasteiger partial charge >= 0.3 is 6.18 Å². The van der Waals surface area contributed by atoms with Crippen LogP contribution in [0.4, 0.5) is 23.2 Å². The molecule has 198 valence electrons. The highest BCUT2D eigenvalue weighted by Gasteiger charge is 2.38. The molecule has 0 unspecified atom stereocenters.